The summed E-state index contributed by atoms with van der Waals surface area (Å²) >= 11 is 0. The minimum Gasteiger partial charge on any atom is -0.455 e. The smallest absolute Gasteiger partial charge is 0.264 e. The SMILES string of the molecule is CCN/C=C(\C=N)c1cc(Oc2ccc(-c3cnc4n(c3=O)CCCN4C)nc2C)ccn1. The summed E-state index contributed by atoms with van der Waals surface area (Å²) in [6.45, 7) is 6.12. The van der Waals surface area contributed by atoms with Crippen LogP contribution >= 0.6 is 0 Å². The van der Waals surface area contributed by atoms with E-state index >= 15 is 0 Å². The molecular weight excluding hydrogens is 418 g/mol. The third-order valence-corrected chi connectivity index (χ3v) is 5.43. The normalized spacial score (nSPS) is 13.4. The Labute approximate surface area is 192 Å². The zero-order valence-corrected chi connectivity index (χ0v) is 19.0. The van der Waals surface area contributed by atoms with Crippen LogP contribution in [0.25, 0.3) is 16.8 Å². The molecule has 0 aliphatic carbocycles. The summed E-state index contributed by atoms with van der Waals surface area (Å²) in [6, 6.07) is 7.11. The van der Waals surface area contributed by atoms with Crippen molar-refractivity contribution in [3.05, 3.63) is 64.6 Å². The van der Waals surface area contributed by atoms with E-state index in [0.29, 0.717) is 52.2 Å². The molecule has 0 spiro atoms. The van der Waals surface area contributed by atoms with Crippen LogP contribution in [0.5, 0.6) is 11.5 Å². The van der Waals surface area contributed by atoms with E-state index in [0.717, 1.165) is 19.5 Å². The van der Waals surface area contributed by atoms with Crippen LogP contribution in [0.4, 0.5) is 5.95 Å². The molecular formula is C24H27N7O2. The van der Waals surface area contributed by atoms with Crippen molar-refractivity contribution < 1.29 is 4.74 Å². The summed E-state index contributed by atoms with van der Waals surface area (Å²) in [5.74, 6) is 1.85. The van der Waals surface area contributed by atoms with Gasteiger partial charge in [0.2, 0.25) is 5.95 Å². The Morgan fingerprint density at radius 2 is 2.12 bits per heavy atom. The number of fused-ring (bicyclic) bond motifs is 1. The van der Waals surface area contributed by atoms with Gasteiger partial charge in [-0.05, 0) is 38.5 Å². The number of hydrogen-bond donors (Lipinski definition) is 2. The van der Waals surface area contributed by atoms with Crippen LogP contribution in [0.1, 0.15) is 24.7 Å². The molecule has 0 unspecified atom stereocenters. The Morgan fingerprint density at radius 1 is 1.27 bits per heavy atom. The lowest BCUT2D eigenvalue weighted by Crippen LogP contribution is -2.36. The van der Waals surface area contributed by atoms with E-state index in [-0.39, 0.29) is 5.56 Å². The Hall–Kier alpha value is -4.01. The first kappa shape index (κ1) is 22.2. The molecule has 3 aromatic rings. The maximum atomic E-state index is 13.0. The van der Waals surface area contributed by atoms with Crippen LogP contribution in [0, 0.1) is 12.3 Å². The number of anilines is 1. The highest BCUT2D eigenvalue weighted by Gasteiger charge is 2.19. The van der Waals surface area contributed by atoms with Gasteiger partial charge < -0.3 is 20.4 Å². The second kappa shape index (κ2) is 9.64. The van der Waals surface area contributed by atoms with Gasteiger partial charge in [-0.3, -0.25) is 14.3 Å². The fraction of sp³-hybridized carbons (Fsp3) is 0.292. The maximum Gasteiger partial charge on any atom is 0.264 e. The summed E-state index contributed by atoms with van der Waals surface area (Å²) in [7, 11) is 1.94. The number of aryl methyl sites for hydroxylation is 1. The number of hydrogen-bond acceptors (Lipinski definition) is 8. The Balaban J connectivity index is 1.60. The van der Waals surface area contributed by atoms with E-state index in [1.165, 1.54) is 6.21 Å². The molecule has 0 aromatic carbocycles. The molecule has 9 heteroatoms. The third-order valence-electron chi connectivity index (χ3n) is 5.43. The summed E-state index contributed by atoms with van der Waals surface area (Å²) in [4.78, 5) is 28.5. The highest BCUT2D eigenvalue weighted by Crippen LogP contribution is 2.27. The van der Waals surface area contributed by atoms with Crippen LogP contribution < -0.4 is 20.5 Å². The van der Waals surface area contributed by atoms with E-state index in [2.05, 4.69) is 20.3 Å². The van der Waals surface area contributed by atoms with E-state index in [4.69, 9.17) is 10.1 Å². The molecule has 3 aromatic heterocycles. The van der Waals surface area contributed by atoms with Crippen molar-refractivity contribution in [2.75, 3.05) is 25.0 Å². The molecule has 0 radical (unpaired) electrons. The number of aromatic nitrogens is 4. The lowest BCUT2D eigenvalue weighted by atomic mass is 10.2. The number of pyridine rings is 2. The molecule has 4 heterocycles. The quantitative estimate of drug-likeness (QED) is 0.537. The number of nitrogens with one attached hydrogen (secondary N) is 2. The van der Waals surface area contributed by atoms with Crippen LogP contribution in [0.3, 0.4) is 0 Å². The van der Waals surface area contributed by atoms with Gasteiger partial charge in [0.15, 0.2) is 0 Å². The molecule has 0 saturated heterocycles. The van der Waals surface area contributed by atoms with E-state index in [1.54, 1.807) is 47.4 Å². The summed E-state index contributed by atoms with van der Waals surface area (Å²) in [5, 5.41) is 10.7. The maximum absolute atomic E-state index is 13.0. The molecule has 0 bridgehead atoms. The Morgan fingerprint density at radius 3 is 2.88 bits per heavy atom. The van der Waals surface area contributed by atoms with Gasteiger partial charge in [0.1, 0.15) is 11.5 Å². The van der Waals surface area contributed by atoms with E-state index < -0.39 is 0 Å². The van der Waals surface area contributed by atoms with Crippen LogP contribution in [0.2, 0.25) is 0 Å². The number of ether oxygens (including phenoxy) is 1. The number of rotatable bonds is 7. The van der Waals surface area contributed by atoms with Crippen LogP contribution in [-0.4, -0.2) is 45.9 Å². The van der Waals surface area contributed by atoms with Gasteiger partial charge in [0, 0.05) is 63.1 Å². The minimum atomic E-state index is -0.0856. The molecule has 33 heavy (non-hydrogen) atoms. The van der Waals surface area contributed by atoms with Gasteiger partial charge in [0.05, 0.1) is 22.6 Å². The monoisotopic (exact) mass is 445 g/mol. The van der Waals surface area contributed by atoms with Gasteiger partial charge in [-0.1, -0.05) is 0 Å². The molecule has 0 fully saturated rings. The van der Waals surface area contributed by atoms with Crippen molar-refractivity contribution in [1.82, 2.24) is 24.8 Å². The third kappa shape index (κ3) is 4.62. The lowest BCUT2D eigenvalue weighted by molar-refractivity contribution is 0.475. The molecule has 0 amide bonds. The summed E-state index contributed by atoms with van der Waals surface area (Å²) in [5.41, 5.74) is 2.88. The first-order valence-electron chi connectivity index (χ1n) is 10.9. The van der Waals surface area contributed by atoms with Gasteiger partial charge in [-0.15, -0.1) is 0 Å². The number of allylic oxidation sites excluding steroid dienone is 1. The second-order valence-corrected chi connectivity index (χ2v) is 7.76. The predicted octanol–water partition coefficient (Wildman–Crippen LogP) is 3.24. The summed E-state index contributed by atoms with van der Waals surface area (Å²) in [6.07, 6.45) is 7.15. The fourth-order valence-electron chi connectivity index (χ4n) is 3.70. The highest BCUT2D eigenvalue weighted by molar-refractivity contribution is 6.07. The van der Waals surface area contributed by atoms with Crippen molar-refractivity contribution in [2.45, 2.75) is 26.8 Å². The Bertz CT molecular complexity index is 1270. The zero-order chi connectivity index (χ0) is 23.4. The second-order valence-electron chi connectivity index (χ2n) is 7.76. The van der Waals surface area contributed by atoms with Crippen LogP contribution in [-0.2, 0) is 6.54 Å². The van der Waals surface area contributed by atoms with Gasteiger partial charge >= 0.3 is 0 Å². The zero-order valence-electron chi connectivity index (χ0n) is 19.0. The van der Waals surface area contributed by atoms with Crippen molar-refractivity contribution in [3.63, 3.8) is 0 Å². The van der Waals surface area contributed by atoms with Crippen molar-refractivity contribution in [3.8, 4) is 22.8 Å². The van der Waals surface area contributed by atoms with E-state index in [1.807, 2.05) is 25.8 Å². The largest absolute Gasteiger partial charge is 0.455 e. The minimum absolute atomic E-state index is 0.0856. The molecule has 170 valence electrons. The van der Waals surface area contributed by atoms with Gasteiger partial charge in [-0.25, -0.2) is 9.97 Å². The Kier molecular flexibility index (Phi) is 6.48. The fourth-order valence-corrected chi connectivity index (χ4v) is 3.70. The standard InChI is InChI=1S/C24H27N7O2/c1-4-26-14-17(13-25)21-12-18(8-9-27-21)33-22-7-6-20(29-16(22)2)19-15-28-24-30(3)10-5-11-31(24)23(19)32/h6-9,12-15,25-26H,4-5,10-11H2,1-3H3/b17-14+,25-13?. The van der Waals surface area contributed by atoms with Crippen molar-refractivity contribution in [2.24, 2.45) is 0 Å². The van der Waals surface area contributed by atoms with Gasteiger partial charge in [0.25, 0.3) is 5.56 Å². The molecule has 1 aliphatic heterocycles. The first-order valence-corrected chi connectivity index (χ1v) is 10.9. The molecule has 2 N–H and O–H groups in total. The van der Waals surface area contributed by atoms with Crippen molar-refractivity contribution >= 4 is 17.7 Å². The average molecular weight is 446 g/mol. The molecule has 0 saturated carbocycles. The first-order chi connectivity index (χ1) is 16.0. The number of nitrogens with zero attached hydrogens (tertiary/aromatic N) is 5. The topological polar surface area (TPSA) is 109 Å². The average Bonchev–Trinajstić information content (AvgIpc) is 2.82. The molecule has 9 nitrogen and oxygen atoms in total. The summed E-state index contributed by atoms with van der Waals surface area (Å²) < 4.78 is 7.75. The lowest BCUT2D eigenvalue weighted by Gasteiger charge is -2.27. The van der Waals surface area contributed by atoms with Crippen LogP contribution in [0.15, 0.2) is 47.7 Å². The molecule has 4 rings (SSSR count). The van der Waals surface area contributed by atoms with Crippen molar-refractivity contribution in [1.29, 1.82) is 5.41 Å². The molecule has 0 atom stereocenters. The highest BCUT2D eigenvalue weighted by atomic mass is 16.5. The van der Waals surface area contributed by atoms with E-state index in [9.17, 15) is 4.79 Å². The van der Waals surface area contributed by atoms with Gasteiger partial charge in [-0.2, -0.15) is 0 Å². The molecule has 1 aliphatic rings. The predicted molar refractivity (Wildman–Crippen MR) is 129 cm³/mol.